The molecular weight excluding hydrogens is 329 g/mol. The van der Waals surface area contributed by atoms with Gasteiger partial charge in [-0.1, -0.05) is 6.07 Å². The third kappa shape index (κ3) is 3.97. The molecule has 25 heavy (non-hydrogen) atoms. The third-order valence-corrected chi connectivity index (χ3v) is 4.23. The number of para-hydroxylation sites is 1. The van der Waals surface area contributed by atoms with Gasteiger partial charge in [0, 0.05) is 19.6 Å². The van der Waals surface area contributed by atoms with Crippen LogP contribution < -0.4 is 5.32 Å². The van der Waals surface area contributed by atoms with Gasteiger partial charge in [0.25, 0.3) is 0 Å². The lowest BCUT2D eigenvalue weighted by molar-refractivity contribution is -0.386. The van der Waals surface area contributed by atoms with Crippen LogP contribution in [0.3, 0.4) is 0 Å². The molecule has 0 amide bonds. The van der Waals surface area contributed by atoms with Crippen LogP contribution in [0.1, 0.15) is 17.6 Å². The number of halogens is 1. The summed E-state index contributed by atoms with van der Waals surface area (Å²) in [5.41, 5.74) is -0.384. The van der Waals surface area contributed by atoms with Crippen LogP contribution in [-0.4, -0.2) is 42.7 Å². The molecule has 8 heteroatoms. The van der Waals surface area contributed by atoms with E-state index in [9.17, 15) is 14.5 Å². The van der Waals surface area contributed by atoms with E-state index < -0.39 is 16.4 Å². The number of aryl methyl sites for hydroxylation is 1. The fraction of sp³-hybridized carbons (Fsp3) is 0.412. The Hall–Kier alpha value is -2.45. The molecule has 0 radical (unpaired) electrons. The topological polar surface area (TPSA) is 80.8 Å². The number of rotatable bonds is 6. The van der Waals surface area contributed by atoms with E-state index in [2.05, 4.69) is 10.2 Å². The summed E-state index contributed by atoms with van der Waals surface area (Å²) in [6, 6.07) is 7.69. The molecule has 1 atom stereocenters. The molecule has 3 rings (SSSR count). The van der Waals surface area contributed by atoms with Gasteiger partial charge in [-0.25, -0.2) is 0 Å². The molecule has 1 aliphatic heterocycles. The zero-order valence-corrected chi connectivity index (χ0v) is 13.9. The van der Waals surface area contributed by atoms with Crippen molar-refractivity contribution in [1.29, 1.82) is 0 Å². The predicted molar refractivity (Wildman–Crippen MR) is 90.1 cm³/mol. The SMILES string of the molecule is Cc1ccc([C@H](CNc2cccc(F)c2[N+](=O)[O-])N2CCOCC2)o1. The van der Waals surface area contributed by atoms with Crippen LogP contribution in [0.25, 0.3) is 0 Å². The van der Waals surface area contributed by atoms with Gasteiger partial charge in [-0.15, -0.1) is 0 Å². The normalized spacial score (nSPS) is 16.6. The first-order chi connectivity index (χ1) is 12.1. The van der Waals surface area contributed by atoms with Crippen LogP contribution in [0.15, 0.2) is 34.7 Å². The molecule has 1 aromatic carbocycles. The van der Waals surface area contributed by atoms with E-state index in [1.807, 2.05) is 19.1 Å². The van der Waals surface area contributed by atoms with Crippen LogP contribution in [0, 0.1) is 22.9 Å². The van der Waals surface area contributed by atoms with Gasteiger partial charge in [-0.05, 0) is 31.2 Å². The highest BCUT2D eigenvalue weighted by Gasteiger charge is 2.27. The van der Waals surface area contributed by atoms with Crippen molar-refractivity contribution < 1.29 is 18.5 Å². The molecule has 1 fully saturated rings. The fourth-order valence-corrected chi connectivity index (χ4v) is 2.98. The lowest BCUT2D eigenvalue weighted by Crippen LogP contribution is -2.41. The minimum absolute atomic E-state index is 0.125. The number of nitrogens with zero attached hydrogens (tertiary/aromatic N) is 2. The molecule has 1 aliphatic rings. The Morgan fingerprint density at radius 2 is 2.08 bits per heavy atom. The number of nitro groups is 1. The van der Waals surface area contributed by atoms with E-state index in [1.54, 1.807) is 0 Å². The molecule has 2 aromatic rings. The highest BCUT2D eigenvalue weighted by atomic mass is 19.1. The smallest absolute Gasteiger partial charge is 0.327 e. The molecule has 1 N–H and O–H groups in total. The Morgan fingerprint density at radius 3 is 2.72 bits per heavy atom. The molecule has 0 unspecified atom stereocenters. The average molecular weight is 349 g/mol. The molecular formula is C17H20FN3O4. The number of ether oxygens (including phenoxy) is 1. The van der Waals surface area contributed by atoms with Gasteiger partial charge in [-0.2, -0.15) is 4.39 Å². The standard InChI is InChI=1S/C17H20FN3O4/c1-12-5-6-16(25-12)15(20-7-9-24-10-8-20)11-19-14-4-2-3-13(18)17(14)21(22)23/h2-6,15,19H,7-11H2,1H3/t15-/m0/s1. The van der Waals surface area contributed by atoms with Gasteiger partial charge < -0.3 is 14.5 Å². The number of nitrogens with one attached hydrogen (secondary N) is 1. The van der Waals surface area contributed by atoms with Gasteiger partial charge in [-0.3, -0.25) is 15.0 Å². The molecule has 0 spiro atoms. The average Bonchev–Trinajstić information content (AvgIpc) is 3.02. The molecule has 0 saturated carbocycles. The summed E-state index contributed by atoms with van der Waals surface area (Å²) < 4.78 is 24.9. The Morgan fingerprint density at radius 1 is 1.32 bits per heavy atom. The van der Waals surface area contributed by atoms with Crippen molar-refractivity contribution in [1.82, 2.24) is 4.90 Å². The van der Waals surface area contributed by atoms with Crippen LogP contribution >= 0.6 is 0 Å². The van der Waals surface area contributed by atoms with E-state index >= 15 is 0 Å². The summed E-state index contributed by atoms with van der Waals surface area (Å²) in [5, 5.41) is 14.2. The second-order valence-corrected chi connectivity index (χ2v) is 5.89. The molecule has 7 nitrogen and oxygen atoms in total. The second kappa shape index (κ2) is 7.62. The first-order valence-corrected chi connectivity index (χ1v) is 8.11. The van der Waals surface area contributed by atoms with Crippen molar-refractivity contribution in [2.45, 2.75) is 13.0 Å². The van der Waals surface area contributed by atoms with Gasteiger partial charge >= 0.3 is 5.69 Å². The summed E-state index contributed by atoms with van der Waals surface area (Å²) in [7, 11) is 0. The van der Waals surface area contributed by atoms with Crippen molar-refractivity contribution in [3.63, 3.8) is 0 Å². The summed E-state index contributed by atoms with van der Waals surface area (Å²) in [6.07, 6.45) is 0. The number of hydrogen-bond donors (Lipinski definition) is 1. The molecule has 0 aliphatic carbocycles. The largest absolute Gasteiger partial charge is 0.465 e. The van der Waals surface area contributed by atoms with Crippen LogP contribution in [0.2, 0.25) is 0 Å². The van der Waals surface area contributed by atoms with Crippen molar-refractivity contribution in [2.75, 3.05) is 38.2 Å². The molecule has 134 valence electrons. The highest BCUT2D eigenvalue weighted by molar-refractivity contribution is 5.62. The lowest BCUT2D eigenvalue weighted by atomic mass is 10.1. The van der Waals surface area contributed by atoms with E-state index in [0.29, 0.717) is 19.8 Å². The van der Waals surface area contributed by atoms with Crippen LogP contribution in [0.5, 0.6) is 0 Å². The summed E-state index contributed by atoms with van der Waals surface area (Å²) in [6.45, 7) is 4.93. The highest BCUT2D eigenvalue weighted by Crippen LogP contribution is 2.29. The number of benzene rings is 1. The Labute approximate surface area is 144 Å². The van der Waals surface area contributed by atoms with Gasteiger partial charge in [0.1, 0.15) is 17.2 Å². The number of anilines is 1. The Bertz CT molecular complexity index is 743. The Kier molecular flexibility index (Phi) is 5.30. The number of nitro benzene ring substituents is 1. The van der Waals surface area contributed by atoms with Gasteiger partial charge in [0.2, 0.25) is 5.82 Å². The van der Waals surface area contributed by atoms with Crippen molar-refractivity contribution in [3.8, 4) is 0 Å². The molecule has 2 heterocycles. The van der Waals surface area contributed by atoms with E-state index in [0.717, 1.165) is 30.7 Å². The maximum Gasteiger partial charge on any atom is 0.327 e. The van der Waals surface area contributed by atoms with Crippen molar-refractivity contribution in [2.24, 2.45) is 0 Å². The van der Waals surface area contributed by atoms with Crippen LogP contribution in [0.4, 0.5) is 15.8 Å². The zero-order chi connectivity index (χ0) is 17.8. The lowest BCUT2D eigenvalue weighted by Gasteiger charge is -2.33. The van der Waals surface area contributed by atoms with Crippen molar-refractivity contribution >= 4 is 11.4 Å². The Balaban J connectivity index is 1.81. The second-order valence-electron chi connectivity index (χ2n) is 5.89. The first kappa shape index (κ1) is 17.4. The molecule has 1 saturated heterocycles. The predicted octanol–water partition coefficient (Wildman–Crippen LogP) is 3.12. The summed E-state index contributed by atoms with van der Waals surface area (Å²) in [5.74, 6) is 0.711. The van der Waals surface area contributed by atoms with E-state index in [-0.39, 0.29) is 11.7 Å². The van der Waals surface area contributed by atoms with Crippen LogP contribution in [-0.2, 0) is 4.74 Å². The van der Waals surface area contributed by atoms with Crippen molar-refractivity contribution in [3.05, 3.63) is 57.8 Å². The maximum absolute atomic E-state index is 13.8. The van der Waals surface area contributed by atoms with E-state index in [4.69, 9.17) is 9.15 Å². The summed E-state index contributed by atoms with van der Waals surface area (Å²) >= 11 is 0. The summed E-state index contributed by atoms with van der Waals surface area (Å²) in [4.78, 5) is 12.6. The number of morpholine rings is 1. The number of furan rings is 1. The monoisotopic (exact) mass is 349 g/mol. The fourth-order valence-electron chi connectivity index (χ4n) is 2.98. The molecule has 0 bridgehead atoms. The first-order valence-electron chi connectivity index (χ1n) is 8.11. The minimum Gasteiger partial charge on any atom is -0.465 e. The number of hydrogen-bond acceptors (Lipinski definition) is 6. The quantitative estimate of drug-likeness (QED) is 0.637. The zero-order valence-electron chi connectivity index (χ0n) is 13.9. The third-order valence-electron chi connectivity index (χ3n) is 4.23. The minimum atomic E-state index is -0.855. The van der Waals surface area contributed by atoms with Gasteiger partial charge in [0.15, 0.2) is 0 Å². The van der Waals surface area contributed by atoms with Gasteiger partial charge in [0.05, 0.1) is 24.2 Å². The van der Waals surface area contributed by atoms with E-state index in [1.165, 1.54) is 12.1 Å². The maximum atomic E-state index is 13.8. The molecule has 1 aromatic heterocycles.